The van der Waals surface area contributed by atoms with E-state index in [2.05, 4.69) is 27.8 Å². The normalized spacial score (nSPS) is 12.1. The van der Waals surface area contributed by atoms with Gasteiger partial charge < -0.3 is 11.1 Å². The number of carbonyl (C=O) groups excluding carboxylic acids is 1. The molecule has 3 N–H and O–H groups in total. The molecule has 0 spiro atoms. The Morgan fingerprint density at radius 1 is 1.48 bits per heavy atom. The number of aryl methyl sites for hydroxylation is 1. The fourth-order valence-corrected chi connectivity index (χ4v) is 1.95. The molecule has 1 aromatic carbocycles. The van der Waals surface area contributed by atoms with Gasteiger partial charge in [-0.2, -0.15) is 0 Å². The van der Waals surface area contributed by atoms with Gasteiger partial charge in [-0.15, -0.1) is 5.10 Å². The number of unbranched alkanes of at least 4 members (excludes halogenated alkanes) is 1. The third-order valence-electron chi connectivity index (χ3n) is 3.30. The van der Waals surface area contributed by atoms with Crippen molar-refractivity contribution in [2.45, 2.75) is 39.2 Å². The van der Waals surface area contributed by atoms with Crippen molar-refractivity contribution in [2.24, 2.45) is 5.73 Å². The number of nitrogens with two attached hydrogens (primary N) is 1. The highest BCUT2D eigenvalue weighted by Gasteiger charge is 2.14. The average Bonchev–Trinajstić information content (AvgIpc) is 3.01. The van der Waals surface area contributed by atoms with Gasteiger partial charge in [0, 0.05) is 5.69 Å². The summed E-state index contributed by atoms with van der Waals surface area (Å²) in [6.45, 7) is 4.00. The van der Waals surface area contributed by atoms with Gasteiger partial charge in [-0.05, 0) is 41.5 Å². The Hall–Kier alpha value is -2.28. The standard InChI is InChI=1S/C14H20N6O/c1-3-4-5-12(15)14(21)17-13-8-11(7-6-10(13)2)20-9-16-18-19-20/h6-9,12H,3-5,15H2,1-2H3,(H,17,21). The Labute approximate surface area is 123 Å². The van der Waals surface area contributed by atoms with Crippen LogP contribution in [-0.4, -0.2) is 32.2 Å². The van der Waals surface area contributed by atoms with Crippen LogP contribution in [0.2, 0.25) is 0 Å². The second-order valence-electron chi connectivity index (χ2n) is 4.99. The molecule has 0 aliphatic carbocycles. The number of nitrogens with zero attached hydrogens (tertiary/aromatic N) is 4. The largest absolute Gasteiger partial charge is 0.324 e. The molecule has 112 valence electrons. The highest BCUT2D eigenvalue weighted by Crippen LogP contribution is 2.19. The van der Waals surface area contributed by atoms with Gasteiger partial charge in [-0.3, -0.25) is 4.79 Å². The summed E-state index contributed by atoms with van der Waals surface area (Å²) in [5, 5.41) is 13.9. The summed E-state index contributed by atoms with van der Waals surface area (Å²) >= 11 is 0. The number of tetrazole rings is 1. The van der Waals surface area contributed by atoms with Gasteiger partial charge in [0.25, 0.3) is 0 Å². The van der Waals surface area contributed by atoms with Crippen LogP contribution in [0.15, 0.2) is 24.5 Å². The molecule has 7 heteroatoms. The first kappa shape index (κ1) is 15.1. The van der Waals surface area contributed by atoms with Crippen LogP contribution >= 0.6 is 0 Å². The number of anilines is 1. The van der Waals surface area contributed by atoms with Gasteiger partial charge in [0.15, 0.2) is 0 Å². The smallest absolute Gasteiger partial charge is 0.241 e. The highest BCUT2D eigenvalue weighted by molar-refractivity contribution is 5.95. The maximum absolute atomic E-state index is 12.1. The van der Waals surface area contributed by atoms with E-state index in [4.69, 9.17) is 5.73 Å². The van der Waals surface area contributed by atoms with E-state index < -0.39 is 6.04 Å². The first-order chi connectivity index (χ1) is 10.1. The zero-order valence-electron chi connectivity index (χ0n) is 12.3. The molecule has 0 saturated carbocycles. The Bertz CT molecular complexity index is 596. The van der Waals surface area contributed by atoms with Crippen molar-refractivity contribution in [3.8, 4) is 5.69 Å². The third-order valence-corrected chi connectivity index (χ3v) is 3.30. The molecule has 1 atom stereocenters. The number of hydrogen-bond donors (Lipinski definition) is 2. The van der Waals surface area contributed by atoms with E-state index in [0.29, 0.717) is 6.42 Å². The molecule has 21 heavy (non-hydrogen) atoms. The van der Waals surface area contributed by atoms with Crippen LogP contribution in [0.5, 0.6) is 0 Å². The maximum atomic E-state index is 12.1. The minimum atomic E-state index is -0.485. The molecule has 2 rings (SSSR count). The summed E-state index contributed by atoms with van der Waals surface area (Å²) in [5.41, 5.74) is 8.35. The van der Waals surface area contributed by atoms with Crippen molar-refractivity contribution in [1.82, 2.24) is 20.2 Å². The van der Waals surface area contributed by atoms with Crippen molar-refractivity contribution in [2.75, 3.05) is 5.32 Å². The molecule has 0 fully saturated rings. The predicted octanol–water partition coefficient (Wildman–Crippen LogP) is 1.43. The van der Waals surface area contributed by atoms with E-state index in [1.165, 1.54) is 11.0 Å². The predicted molar refractivity (Wildman–Crippen MR) is 80.0 cm³/mol. The number of carbonyl (C=O) groups is 1. The summed E-state index contributed by atoms with van der Waals surface area (Å²) in [7, 11) is 0. The second-order valence-corrected chi connectivity index (χ2v) is 4.99. The monoisotopic (exact) mass is 288 g/mol. The molecule has 1 amide bonds. The lowest BCUT2D eigenvalue weighted by molar-refractivity contribution is -0.117. The minimum absolute atomic E-state index is 0.166. The molecule has 0 aliphatic heterocycles. The number of hydrogen-bond acceptors (Lipinski definition) is 5. The fraction of sp³-hybridized carbons (Fsp3) is 0.429. The first-order valence-corrected chi connectivity index (χ1v) is 7.02. The van der Waals surface area contributed by atoms with Gasteiger partial charge in [0.05, 0.1) is 11.7 Å². The van der Waals surface area contributed by atoms with Crippen LogP contribution < -0.4 is 11.1 Å². The molecule has 2 aromatic rings. The molecule has 0 radical (unpaired) electrons. The molecule has 1 unspecified atom stereocenters. The van der Waals surface area contributed by atoms with Crippen LogP contribution in [0.4, 0.5) is 5.69 Å². The summed E-state index contributed by atoms with van der Waals surface area (Å²) < 4.78 is 1.53. The number of aromatic nitrogens is 4. The highest BCUT2D eigenvalue weighted by atomic mass is 16.2. The Kier molecular flexibility index (Phi) is 4.99. The molecule has 1 heterocycles. The summed E-state index contributed by atoms with van der Waals surface area (Å²) in [5.74, 6) is -0.166. The molecular formula is C14H20N6O. The number of rotatable bonds is 6. The maximum Gasteiger partial charge on any atom is 0.241 e. The van der Waals surface area contributed by atoms with E-state index in [0.717, 1.165) is 29.8 Å². The molecular weight excluding hydrogens is 268 g/mol. The quantitative estimate of drug-likeness (QED) is 0.837. The van der Waals surface area contributed by atoms with E-state index in [1.54, 1.807) is 0 Å². The molecule has 7 nitrogen and oxygen atoms in total. The fourth-order valence-electron chi connectivity index (χ4n) is 1.95. The van der Waals surface area contributed by atoms with Crippen LogP contribution in [0.25, 0.3) is 5.69 Å². The van der Waals surface area contributed by atoms with E-state index in [-0.39, 0.29) is 5.91 Å². The van der Waals surface area contributed by atoms with Crippen LogP contribution in [0.1, 0.15) is 31.7 Å². The summed E-state index contributed by atoms with van der Waals surface area (Å²) in [6.07, 6.45) is 4.16. The van der Waals surface area contributed by atoms with Crippen molar-refractivity contribution >= 4 is 11.6 Å². The van der Waals surface area contributed by atoms with Crippen LogP contribution in [-0.2, 0) is 4.79 Å². The topological polar surface area (TPSA) is 98.7 Å². The number of amides is 1. The SMILES string of the molecule is CCCCC(N)C(=O)Nc1cc(-n2cnnn2)ccc1C. The van der Waals surface area contributed by atoms with Gasteiger partial charge in [-0.1, -0.05) is 25.8 Å². The average molecular weight is 288 g/mol. The third kappa shape index (κ3) is 3.85. The molecule has 1 aromatic heterocycles. The van der Waals surface area contributed by atoms with Crippen molar-refractivity contribution < 1.29 is 4.79 Å². The molecule has 0 aliphatic rings. The summed E-state index contributed by atoms with van der Waals surface area (Å²) in [6, 6.07) is 5.14. The van der Waals surface area contributed by atoms with Crippen molar-refractivity contribution in [1.29, 1.82) is 0 Å². The second kappa shape index (κ2) is 6.94. The number of nitrogens with one attached hydrogen (secondary N) is 1. The zero-order valence-corrected chi connectivity index (χ0v) is 12.3. The van der Waals surface area contributed by atoms with E-state index >= 15 is 0 Å². The Balaban J connectivity index is 2.12. The minimum Gasteiger partial charge on any atom is -0.324 e. The number of benzene rings is 1. The first-order valence-electron chi connectivity index (χ1n) is 7.02. The lowest BCUT2D eigenvalue weighted by Gasteiger charge is -2.14. The van der Waals surface area contributed by atoms with Crippen molar-refractivity contribution in [3.63, 3.8) is 0 Å². The lowest BCUT2D eigenvalue weighted by atomic mass is 10.1. The lowest BCUT2D eigenvalue weighted by Crippen LogP contribution is -2.35. The van der Waals surface area contributed by atoms with Gasteiger partial charge >= 0.3 is 0 Å². The Morgan fingerprint density at radius 3 is 2.95 bits per heavy atom. The van der Waals surface area contributed by atoms with Crippen LogP contribution in [0, 0.1) is 6.92 Å². The van der Waals surface area contributed by atoms with E-state index in [9.17, 15) is 4.79 Å². The van der Waals surface area contributed by atoms with Crippen LogP contribution in [0.3, 0.4) is 0 Å². The van der Waals surface area contributed by atoms with E-state index in [1.807, 2.05) is 25.1 Å². The van der Waals surface area contributed by atoms with Gasteiger partial charge in [0.1, 0.15) is 6.33 Å². The van der Waals surface area contributed by atoms with Gasteiger partial charge in [0.2, 0.25) is 5.91 Å². The summed E-state index contributed by atoms with van der Waals surface area (Å²) in [4.78, 5) is 12.1. The molecule has 0 bridgehead atoms. The zero-order chi connectivity index (χ0) is 15.2. The molecule has 0 saturated heterocycles. The van der Waals surface area contributed by atoms with Crippen molar-refractivity contribution in [3.05, 3.63) is 30.1 Å². The van der Waals surface area contributed by atoms with Gasteiger partial charge in [-0.25, -0.2) is 4.68 Å². The Morgan fingerprint density at radius 2 is 2.29 bits per heavy atom.